The fraction of sp³-hybridized carbons (Fsp3) is 0.250. The average Bonchev–Trinajstić information content (AvgIpc) is 2.21. The Labute approximate surface area is 84.2 Å². The van der Waals surface area contributed by atoms with Crippen molar-refractivity contribution < 1.29 is 9.53 Å². The van der Waals surface area contributed by atoms with E-state index in [4.69, 9.17) is 4.74 Å². The Bertz CT molecular complexity index is 340. The van der Waals surface area contributed by atoms with Crippen LogP contribution < -0.4 is 4.74 Å². The van der Waals surface area contributed by atoms with Crippen LogP contribution in [0.2, 0.25) is 0 Å². The van der Waals surface area contributed by atoms with Crippen LogP contribution in [0.4, 0.5) is 0 Å². The maximum absolute atomic E-state index is 10.5. The molecule has 2 nitrogen and oxygen atoms in total. The summed E-state index contributed by atoms with van der Waals surface area (Å²) in [5.41, 5.74) is 1.64. The average molecular weight is 190 g/mol. The highest BCUT2D eigenvalue weighted by atomic mass is 16.5. The third-order valence-electron chi connectivity index (χ3n) is 1.79. The first-order valence-electron chi connectivity index (χ1n) is 4.63. The molecule has 0 atom stereocenters. The van der Waals surface area contributed by atoms with Crippen LogP contribution in [0, 0.1) is 0 Å². The molecule has 0 heterocycles. The third kappa shape index (κ3) is 2.73. The molecular formula is C12H14O2. The number of hydrogen-bond donors (Lipinski definition) is 0. The second kappa shape index (κ2) is 5.22. The minimum absolute atomic E-state index is 0.630. The van der Waals surface area contributed by atoms with Gasteiger partial charge in [0.25, 0.3) is 0 Å². The van der Waals surface area contributed by atoms with Gasteiger partial charge in [0.15, 0.2) is 0 Å². The molecule has 0 saturated heterocycles. The van der Waals surface area contributed by atoms with E-state index >= 15 is 0 Å². The SMILES string of the molecule is CCOc1ccccc1/C=C(\C)C=O. The van der Waals surface area contributed by atoms with Crippen LogP contribution in [-0.4, -0.2) is 12.9 Å². The smallest absolute Gasteiger partial charge is 0.145 e. The first kappa shape index (κ1) is 10.5. The van der Waals surface area contributed by atoms with Gasteiger partial charge in [0.05, 0.1) is 6.61 Å². The quantitative estimate of drug-likeness (QED) is 0.539. The first-order chi connectivity index (χ1) is 6.77. The predicted octanol–water partition coefficient (Wildman–Crippen LogP) is 2.69. The summed E-state index contributed by atoms with van der Waals surface area (Å²) < 4.78 is 5.42. The topological polar surface area (TPSA) is 26.3 Å². The molecular weight excluding hydrogens is 176 g/mol. The maximum atomic E-state index is 10.5. The summed E-state index contributed by atoms with van der Waals surface area (Å²) >= 11 is 0. The van der Waals surface area contributed by atoms with E-state index < -0.39 is 0 Å². The molecule has 74 valence electrons. The summed E-state index contributed by atoms with van der Waals surface area (Å²) in [5, 5.41) is 0. The number of benzene rings is 1. The monoisotopic (exact) mass is 190 g/mol. The van der Waals surface area contributed by atoms with Crippen molar-refractivity contribution in [3.8, 4) is 5.75 Å². The Kier molecular flexibility index (Phi) is 3.92. The van der Waals surface area contributed by atoms with Crippen molar-refractivity contribution in [2.75, 3.05) is 6.61 Å². The summed E-state index contributed by atoms with van der Waals surface area (Å²) in [5.74, 6) is 0.816. The summed E-state index contributed by atoms with van der Waals surface area (Å²) in [6.45, 7) is 4.34. The number of allylic oxidation sites excluding steroid dienone is 1. The van der Waals surface area contributed by atoms with Crippen molar-refractivity contribution in [3.05, 3.63) is 35.4 Å². The Morgan fingerprint density at radius 3 is 2.79 bits per heavy atom. The number of para-hydroxylation sites is 1. The van der Waals surface area contributed by atoms with Gasteiger partial charge in [-0.15, -0.1) is 0 Å². The molecule has 0 N–H and O–H groups in total. The van der Waals surface area contributed by atoms with E-state index in [0.29, 0.717) is 12.2 Å². The number of ether oxygens (including phenoxy) is 1. The lowest BCUT2D eigenvalue weighted by Gasteiger charge is -2.06. The van der Waals surface area contributed by atoms with Crippen molar-refractivity contribution in [2.45, 2.75) is 13.8 Å². The largest absolute Gasteiger partial charge is 0.493 e. The van der Waals surface area contributed by atoms with Gasteiger partial charge in [-0.25, -0.2) is 0 Å². The van der Waals surface area contributed by atoms with Crippen molar-refractivity contribution in [3.63, 3.8) is 0 Å². The van der Waals surface area contributed by atoms with Crippen LogP contribution in [0.1, 0.15) is 19.4 Å². The number of carbonyl (C=O) groups is 1. The molecule has 0 aromatic heterocycles. The zero-order chi connectivity index (χ0) is 10.4. The number of rotatable bonds is 4. The van der Waals surface area contributed by atoms with Crippen molar-refractivity contribution in [1.82, 2.24) is 0 Å². The molecule has 0 aliphatic rings. The lowest BCUT2D eigenvalue weighted by molar-refractivity contribution is -0.104. The van der Waals surface area contributed by atoms with Gasteiger partial charge in [-0.05, 0) is 31.6 Å². The van der Waals surface area contributed by atoms with Crippen LogP contribution in [0.5, 0.6) is 5.75 Å². The fourth-order valence-electron chi connectivity index (χ4n) is 1.17. The van der Waals surface area contributed by atoms with Gasteiger partial charge in [-0.1, -0.05) is 18.2 Å². The van der Waals surface area contributed by atoms with Gasteiger partial charge in [-0.2, -0.15) is 0 Å². The summed E-state index contributed by atoms with van der Waals surface area (Å²) in [6.07, 6.45) is 2.65. The van der Waals surface area contributed by atoms with Gasteiger partial charge < -0.3 is 4.74 Å². The predicted molar refractivity (Wildman–Crippen MR) is 57.3 cm³/mol. The number of carbonyl (C=O) groups excluding carboxylic acids is 1. The Morgan fingerprint density at radius 1 is 1.43 bits per heavy atom. The second-order valence-electron chi connectivity index (χ2n) is 2.98. The van der Waals surface area contributed by atoms with E-state index in [0.717, 1.165) is 17.6 Å². The van der Waals surface area contributed by atoms with Crippen molar-refractivity contribution >= 4 is 12.4 Å². The molecule has 0 amide bonds. The fourth-order valence-corrected chi connectivity index (χ4v) is 1.17. The van der Waals surface area contributed by atoms with Crippen molar-refractivity contribution in [2.24, 2.45) is 0 Å². The summed E-state index contributed by atoms with van der Waals surface area (Å²) in [6, 6.07) is 7.66. The Hall–Kier alpha value is -1.57. The van der Waals surface area contributed by atoms with E-state index in [1.807, 2.05) is 37.3 Å². The molecule has 0 aliphatic carbocycles. The highest BCUT2D eigenvalue weighted by Gasteiger charge is 1.98. The highest BCUT2D eigenvalue weighted by Crippen LogP contribution is 2.20. The van der Waals surface area contributed by atoms with Crippen molar-refractivity contribution in [1.29, 1.82) is 0 Å². The minimum Gasteiger partial charge on any atom is -0.493 e. The molecule has 0 saturated carbocycles. The molecule has 1 aromatic carbocycles. The lowest BCUT2D eigenvalue weighted by atomic mass is 10.1. The lowest BCUT2D eigenvalue weighted by Crippen LogP contribution is -1.93. The van der Waals surface area contributed by atoms with Crippen LogP contribution in [0.3, 0.4) is 0 Å². The van der Waals surface area contributed by atoms with E-state index in [-0.39, 0.29) is 0 Å². The normalized spacial score (nSPS) is 11.1. The van der Waals surface area contributed by atoms with E-state index in [1.54, 1.807) is 6.92 Å². The Morgan fingerprint density at radius 2 is 2.14 bits per heavy atom. The standard InChI is InChI=1S/C12H14O2/c1-3-14-12-7-5-4-6-11(12)8-10(2)9-13/h4-9H,3H2,1-2H3/b10-8+. The third-order valence-corrected chi connectivity index (χ3v) is 1.79. The van der Waals surface area contributed by atoms with E-state index in [9.17, 15) is 4.79 Å². The molecule has 0 spiro atoms. The summed E-state index contributed by atoms with van der Waals surface area (Å²) in [4.78, 5) is 10.5. The molecule has 14 heavy (non-hydrogen) atoms. The van der Waals surface area contributed by atoms with E-state index in [1.165, 1.54) is 0 Å². The highest BCUT2D eigenvalue weighted by molar-refractivity contribution is 5.81. The molecule has 1 aromatic rings. The van der Waals surface area contributed by atoms with Crippen LogP contribution in [0.25, 0.3) is 6.08 Å². The van der Waals surface area contributed by atoms with Gasteiger partial charge in [-0.3, -0.25) is 4.79 Å². The van der Waals surface area contributed by atoms with E-state index in [2.05, 4.69) is 0 Å². The van der Waals surface area contributed by atoms with Crippen LogP contribution in [0.15, 0.2) is 29.8 Å². The molecule has 0 unspecified atom stereocenters. The summed E-state index contributed by atoms with van der Waals surface area (Å²) in [7, 11) is 0. The molecule has 0 aliphatic heterocycles. The minimum atomic E-state index is 0.630. The van der Waals surface area contributed by atoms with Crippen LogP contribution in [-0.2, 0) is 4.79 Å². The molecule has 1 rings (SSSR count). The van der Waals surface area contributed by atoms with Gasteiger partial charge in [0.2, 0.25) is 0 Å². The molecule has 0 bridgehead atoms. The number of hydrogen-bond acceptors (Lipinski definition) is 2. The zero-order valence-electron chi connectivity index (χ0n) is 8.49. The Balaban J connectivity index is 3.00. The van der Waals surface area contributed by atoms with Gasteiger partial charge in [0, 0.05) is 5.56 Å². The maximum Gasteiger partial charge on any atom is 0.145 e. The zero-order valence-corrected chi connectivity index (χ0v) is 8.49. The second-order valence-corrected chi connectivity index (χ2v) is 2.98. The molecule has 0 radical (unpaired) electrons. The van der Waals surface area contributed by atoms with Gasteiger partial charge >= 0.3 is 0 Å². The van der Waals surface area contributed by atoms with Crippen LogP contribution >= 0.6 is 0 Å². The molecule has 2 heteroatoms. The molecule has 0 fully saturated rings. The van der Waals surface area contributed by atoms with Gasteiger partial charge in [0.1, 0.15) is 12.0 Å². The number of aldehydes is 1. The first-order valence-corrected chi connectivity index (χ1v) is 4.63.